The molecule has 2 aliphatic rings. The molecule has 1 saturated heterocycles. The zero-order valence-corrected chi connectivity index (χ0v) is 23.3. The summed E-state index contributed by atoms with van der Waals surface area (Å²) in [6, 6.07) is 10.1. The second-order valence-corrected chi connectivity index (χ2v) is 10.4. The molecule has 2 aromatic carbocycles. The van der Waals surface area contributed by atoms with Crippen LogP contribution in [0.25, 0.3) is 0 Å². The van der Waals surface area contributed by atoms with E-state index in [9.17, 15) is 32.3 Å². The molecule has 0 aromatic heterocycles. The number of nitrogens with one attached hydrogen (secondary N) is 3. The molecule has 0 saturated carbocycles. The lowest BCUT2D eigenvalue weighted by Gasteiger charge is -2.34. The van der Waals surface area contributed by atoms with E-state index in [2.05, 4.69) is 16.0 Å². The molecule has 2 aromatic rings. The van der Waals surface area contributed by atoms with Crippen LogP contribution >= 0.6 is 11.6 Å². The summed E-state index contributed by atoms with van der Waals surface area (Å²) in [6.07, 6.45) is -1.62. The normalized spacial score (nSPS) is 18.0. The minimum Gasteiger partial charge on any atom is -0.351 e. The number of halogens is 4. The van der Waals surface area contributed by atoms with Crippen molar-refractivity contribution in [3.8, 4) is 0 Å². The molecule has 1 fully saturated rings. The highest BCUT2D eigenvalue weighted by Crippen LogP contribution is 2.36. The van der Waals surface area contributed by atoms with Gasteiger partial charge >= 0.3 is 6.18 Å². The van der Waals surface area contributed by atoms with Gasteiger partial charge < -0.3 is 10.6 Å². The van der Waals surface area contributed by atoms with Gasteiger partial charge in [-0.25, -0.2) is 0 Å². The number of carbonyl (C=O) groups excluding carboxylic acids is 4. The van der Waals surface area contributed by atoms with E-state index < -0.39 is 46.9 Å². The molecule has 2 aliphatic heterocycles. The van der Waals surface area contributed by atoms with Crippen molar-refractivity contribution in [2.45, 2.75) is 63.7 Å². The predicted octanol–water partition coefficient (Wildman–Crippen LogP) is 4.68. The third-order valence-electron chi connectivity index (χ3n) is 7.59. The highest BCUT2D eigenvalue weighted by atomic mass is 35.5. The summed E-state index contributed by atoms with van der Waals surface area (Å²) in [6.45, 7) is 4.40. The van der Waals surface area contributed by atoms with Gasteiger partial charge in [-0.2, -0.15) is 13.2 Å². The quantitative estimate of drug-likeness (QED) is 0.347. The maximum atomic E-state index is 13.3. The molecule has 218 valence electrons. The number of hydrogen-bond acceptors (Lipinski definition) is 6. The van der Waals surface area contributed by atoms with Crippen molar-refractivity contribution < 1.29 is 32.3 Å². The fourth-order valence-corrected chi connectivity index (χ4v) is 5.47. The van der Waals surface area contributed by atoms with Gasteiger partial charge in [0.2, 0.25) is 11.8 Å². The van der Waals surface area contributed by atoms with E-state index in [4.69, 9.17) is 11.6 Å². The van der Waals surface area contributed by atoms with Crippen molar-refractivity contribution in [3.05, 3.63) is 76.0 Å². The van der Waals surface area contributed by atoms with Crippen molar-refractivity contribution in [2.24, 2.45) is 0 Å². The van der Waals surface area contributed by atoms with E-state index in [0.29, 0.717) is 37.1 Å². The van der Waals surface area contributed by atoms with Crippen LogP contribution in [-0.4, -0.2) is 41.1 Å². The molecule has 2 heterocycles. The number of carbonyl (C=O) groups is 4. The molecule has 0 spiro atoms. The van der Waals surface area contributed by atoms with Gasteiger partial charge in [-0.05, 0) is 67.6 Å². The average molecular weight is 591 g/mol. The van der Waals surface area contributed by atoms with Gasteiger partial charge in [0.15, 0.2) is 0 Å². The largest absolute Gasteiger partial charge is 0.417 e. The van der Waals surface area contributed by atoms with E-state index in [1.165, 1.54) is 6.07 Å². The first kappa shape index (κ1) is 30.3. The Morgan fingerprint density at radius 1 is 1.05 bits per heavy atom. The number of piperidine rings is 1. The standard InChI is InChI=1S/C29H30ClF3N4O4/c1-3-28(4-2,34-13-12-17-8-9-21(30)20(14-17)29(31,32)33)18-6-5-7-19(15-18)35-22-16-25(39)37(27(22)41)23-10-11-24(38)36-26(23)40/h5-9,14-16,23,34-35H,3-4,10-13H2,1-2H3,(H,36,38,40). The Hall–Kier alpha value is -3.70. The molecule has 8 nitrogen and oxygen atoms in total. The van der Waals surface area contributed by atoms with Gasteiger partial charge in [-0.3, -0.25) is 29.4 Å². The fraction of sp³-hybridized carbons (Fsp3) is 0.379. The molecule has 4 amide bonds. The molecule has 41 heavy (non-hydrogen) atoms. The number of anilines is 1. The van der Waals surface area contributed by atoms with E-state index in [-0.39, 0.29) is 23.6 Å². The van der Waals surface area contributed by atoms with E-state index in [0.717, 1.165) is 22.6 Å². The number of nitrogens with zero attached hydrogens (tertiary/aromatic N) is 1. The Balaban J connectivity index is 1.47. The molecule has 1 unspecified atom stereocenters. The van der Waals surface area contributed by atoms with Crippen LogP contribution in [0.1, 0.15) is 56.2 Å². The van der Waals surface area contributed by atoms with Gasteiger partial charge in [0, 0.05) is 23.7 Å². The summed E-state index contributed by atoms with van der Waals surface area (Å²) >= 11 is 5.75. The lowest BCUT2D eigenvalue weighted by Crippen LogP contribution is -2.54. The van der Waals surface area contributed by atoms with Gasteiger partial charge in [0.05, 0.1) is 10.6 Å². The second kappa shape index (κ2) is 12.0. The monoisotopic (exact) mass is 590 g/mol. The molecule has 0 bridgehead atoms. The van der Waals surface area contributed by atoms with Crippen LogP contribution in [0.15, 0.2) is 54.2 Å². The molecular weight excluding hydrogens is 561 g/mol. The van der Waals surface area contributed by atoms with Crippen LogP contribution in [0, 0.1) is 0 Å². The molecule has 0 aliphatic carbocycles. The first-order valence-electron chi connectivity index (χ1n) is 13.3. The minimum absolute atomic E-state index is 0.00612. The fourth-order valence-electron chi connectivity index (χ4n) is 5.25. The smallest absolute Gasteiger partial charge is 0.351 e. The van der Waals surface area contributed by atoms with E-state index >= 15 is 0 Å². The van der Waals surface area contributed by atoms with Gasteiger partial charge in [-0.1, -0.05) is 43.6 Å². The first-order valence-corrected chi connectivity index (χ1v) is 13.7. The molecule has 12 heteroatoms. The summed E-state index contributed by atoms with van der Waals surface area (Å²) < 4.78 is 39.8. The zero-order chi connectivity index (χ0) is 29.9. The van der Waals surface area contributed by atoms with Crippen molar-refractivity contribution >= 4 is 40.9 Å². The topological polar surface area (TPSA) is 108 Å². The second-order valence-electron chi connectivity index (χ2n) is 10.0. The van der Waals surface area contributed by atoms with Crippen LogP contribution in [0.4, 0.5) is 18.9 Å². The summed E-state index contributed by atoms with van der Waals surface area (Å²) in [5, 5.41) is 8.31. The van der Waals surface area contributed by atoms with Gasteiger partial charge in [0.1, 0.15) is 11.7 Å². The van der Waals surface area contributed by atoms with Gasteiger partial charge in [-0.15, -0.1) is 0 Å². The lowest BCUT2D eigenvalue weighted by molar-refractivity contribution is -0.149. The van der Waals surface area contributed by atoms with Crippen LogP contribution in [-0.2, 0) is 37.3 Å². The van der Waals surface area contributed by atoms with Crippen LogP contribution < -0.4 is 16.0 Å². The Morgan fingerprint density at radius 3 is 2.44 bits per heavy atom. The molecular formula is C29H30ClF3N4O4. The SMILES string of the molecule is CCC(CC)(NCCc1ccc(Cl)c(C(F)(F)F)c1)c1cccc(NC2=CC(=O)N(C3CCC(=O)NC3=O)C2=O)c1. The van der Waals surface area contributed by atoms with Crippen LogP contribution in [0.5, 0.6) is 0 Å². The number of rotatable bonds is 10. The van der Waals surface area contributed by atoms with Crippen molar-refractivity contribution in [1.82, 2.24) is 15.5 Å². The maximum absolute atomic E-state index is 13.3. The number of benzene rings is 2. The number of imide groups is 2. The Kier molecular flexibility index (Phi) is 8.89. The summed E-state index contributed by atoms with van der Waals surface area (Å²) in [5.74, 6) is -2.44. The summed E-state index contributed by atoms with van der Waals surface area (Å²) in [5.41, 5.74) is 0.562. The third-order valence-corrected chi connectivity index (χ3v) is 7.92. The molecule has 3 N–H and O–H groups in total. The summed E-state index contributed by atoms with van der Waals surface area (Å²) in [4.78, 5) is 50.2. The number of alkyl halides is 3. The van der Waals surface area contributed by atoms with Crippen molar-refractivity contribution in [3.63, 3.8) is 0 Å². The zero-order valence-electron chi connectivity index (χ0n) is 22.5. The minimum atomic E-state index is -4.54. The molecule has 1 atom stereocenters. The van der Waals surface area contributed by atoms with Crippen LogP contribution in [0.3, 0.4) is 0 Å². The lowest BCUT2D eigenvalue weighted by atomic mass is 9.84. The third kappa shape index (κ3) is 6.46. The number of hydrogen-bond donors (Lipinski definition) is 3. The Morgan fingerprint density at radius 2 is 1.78 bits per heavy atom. The van der Waals surface area contributed by atoms with Crippen LogP contribution in [0.2, 0.25) is 5.02 Å². The number of amides is 4. The molecule has 4 rings (SSSR count). The van der Waals surface area contributed by atoms with E-state index in [1.54, 1.807) is 18.2 Å². The van der Waals surface area contributed by atoms with Crippen molar-refractivity contribution in [1.29, 1.82) is 0 Å². The predicted molar refractivity (Wildman–Crippen MR) is 147 cm³/mol. The summed E-state index contributed by atoms with van der Waals surface area (Å²) in [7, 11) is 0. The Labute approximate surface area is 240 Å². The highest BCUT2D eigenvalue weighted by Gasteiger charge is 2.42. The Bertz CT molecular complexity index is 1400. The first-order chi connectivity index (χ1) is 19.4. The average Bonchev–Trinajstić information content (AvgIpc) is 3.19. The highest BCUT2D eigenvalue weighted by molar-refractivity contribution is 6.31. The maximum Gasteiger partial charge on any atom is 0.417 e. The van der Waals surface area contributed by atoms with Gasteiger partial charge in [0.25, 0.3) is 11.8 Å². The van der Waals surface area contributed by atoms with E-state index in [1.807, 2.05) is 26.0 Å². The van der Waals surface area contributed by atoms with Crippen molar-refractivity contribution in [2.75, 3.05) is 11.9 Å². The molecule has 0 radical (unpaired) electrons.